The molecule has 1 amide bonds. The molecule has 0 bridgehead atoms. The maximum absolute atomic E-state index is 12.9. The summed E-state index contributed by atoms with van der Waals surface area (Å²) in [5, 5.41) is 1.79. The van der Waals surface area contributed by atoms with Crippen molar-refractivity contribution in [2.75, 3.05) is 6.54 Å². The van der Waals surface area contributed by atoms with Crippen LogP contribution in [-0.2, 0) is 11.0 Å². The Morgan fingerprint density at radius 2 is 1.88 bits per heavy atom. The number of carbonyl (C=O) groups is 2. The predicted molar refractivity (Wildman–Crippen MR) is 95.1 cm³/mol. The van der Waals surface area contributed by atoms with Gasteiger partial charge in [0.25, 0.3) is 0 Å². The highest BCUT2D eigenvalue weighted by Crippen LogP contribution is 2.32. The highest BCUT2D eigenvalue weighted by molar-refractivity contribution is 7.12. The summed E-state index contributed by atoms with van der Waals surface area (Å²) in [7, 11) is 0. The molecule has 0 aliphatic rings. The van der Waals surface area contributed by atoms with Crippen LogP contribution in [0.3, 0.4) is 0 Å². The number of Topliss-reactive ketones (excluding diaryl/α,β-unsaturated/α-hetero) is 1. The van der Waals surface area contributed by atoms with Crippen LogP contribution in [0.15, 0.2) is 41.8 Å². The third-order valence-electron chi connectivity index (χ3n) is 4.19. The molecule has 0 N–H and O–H groups in total. The van der Waals surface area contributed by atoms with Crippen LogP contribution in [0, 0.1) is 0 Å². The zero-order chi connectivity index (χ0) is 19.3. The van der Waals surface area contributed by atoms with Gasteiger partial charge in [-0.3, -0.25) is 9.59 Å². The molecule has 26 heavy (non-hydrogen) atoms. The molecule has 0 fully saturated rings. The van der Waals surface area contributed by atoms with Crippen LogP contribution in [0.5, 0.6) is 0 Å². The Bertz CT molecular complexity index is 756. The first kappa shape index (κ1) is 20.2. The van der Waals surface area contributed by atoms with Crippen molar-refractivity contribution in [3.63, 3.8) is 0 Å². The van der Waals surface area contributed by atoms with Crippen LogP contribution < -0.4 is 0 Å². The second-order valence-electron chi connectivity index (χ2n) is 5.88. The van der Waals surface area contributed by atoms with E-state index in [0.717, 1.165) is 12.1 Å². The van der Waals surface area contributed by atoms with Gasteiger partial charge in [-0.2, -0.15) is 13.2 Å². The van der Waals surface area contributed by atoms with Gasteiger partial charge in [0, 0.05) is 19.4 Å². The minimum Gasteiger partial charge on any atom is -0.336 e. The highest BCUT2D eigenvalue weighted by Gasteiger charge is 2.31. The molecule has 0 spiro atoms. The van der Waals surface area contributed by atoms with Crippen LogP contribution in [-0.4, -0.2) is 23.1 Å². The summed E-state index contributed by atoms with van der Waals surface area (Å²) in [4.78, 5) is 26.6. The lowest BCUT2D eigenvalue weighted by atomic mass is 10.0. The number of thiophene rings is 1. The highest BCUT2D eigenvalue weighted by atomic mass is 32.1. The molecular formula is C19H20F3NO2S. The molecule has 3 nitrogen and oxygen atoms in total. The average Bonchev–Trinajstić information content (AvgIpc) is 3.14. The van der Waals surface area contributed by atoms with E-state index in [1.54, 1.807) is 37.4 Å². The summed E-state index contributed by atoms with van der Waals surface area (Å²) < 4.78 is 38.7. The van der Waals surface area contributed by atoms with Gasteiger partial charge in [-0.25, -0.2) is 0 Å². The quantitative estimate of drug-likeness (QED) is 0.605. The third kappa shape index (κ3) is 4.94. The van der Waals surface area contributed by atoms with Crippen molar-refractivity contribution in [3.05, 3.63) is 57.8 Å². The Hall–Kier alpha value is -2.15. The number of alkyl halides is 3. The van der Waals surface area contributed by atoms with Crippen molar-refractivity contribution in [1.82, 2.24) is 4.90 Å². The van der Waals surface area contributed by atoms with E-state index in [1.165, 1.54) is 22.3 Å². The van der Waals surface area contributed by atoms with E-state index >= 15 is 0 Å². The molecule has 1 aromatic heterocycles. The molecule has 0 radical (unpaired) electrons. The van der Waals surface area contributed by atoms with Crippen LogP contribution in [0.4, 0.5) is 13.2 Å². The standard InChI is InChI=1S/C19H20F3NO2S/c1-3-23(18(25)10-9-16(24)17-8-5-11-26-17)13(2)14-6-4-7-15(12-14)19(20,21)22/h4-8,11-13H,3,9-10H2,1-2H3. The fraction of sp³-hybridized carbons (Fsp3) is 0.368. The zero-order valence-corrected chi connectivity index (χ0v) is 15.4. The van der Waals surface area contributed by atoms with Gasteiger partial charge in [-0.05, 0) is 43.0 Å². The van der Waals surface area contributed by atoms with E-state index in [2.05, 4.69) is 0 Å². The van der Waals surface area contributed by atoms with E-state index in [9.17, 15) is 22.8 Å². The normalized spacial score (nSPS) is 12.7. The largest absolute Gasteiger partial charge is 0.416 e. The number of hydrogen-bond acceptors (Lipinski definition) is 3. The maximum atomic E-state index is 12.9. The number of amides is 1. The average molecular weight is 383 g/mol. The first-order chi connectivity index (χ1) is 12.2. The monoisotopic (exact) mass is 383 g/mol. The number of carbonyl (C=O) groups excluding carboxylic acids is 2. The molecule has 2 aromatic rings. The summed E-state index contributed by atoms with van der Waals surface area (Å²) in [6.45, 7) is 3.81. The minimum atomic E-state index is -4.43. The fourth-order valence-corrected chi connectivity index (χ4v) is 3.44. The Kier molecular flexibility index (Phi) is 6.58. The molecule has 1 atom stereocenters. The van der Waals surface area contributed by atoms with Crippen LogP contribution >= 0.6 is 11.3 Å². The van der Waals surface area contributed by atoms with Crippen molar-refractivity contribution < 1.29 is 22.8 Å². The summed E-state index contributed by atoms with van der Waals surface area (Å²) in [6.07, 6.45) is -4.30. The van der Waals surface area contributed by atoms with Gasteiger partial charge >= 0.3 is 6.18 Å². The van der Waals surface area contributed by atoms with Gasteiger partial charge in [0.1, 0.15) is 0 Å². The van der Waals surface area contributed by atoms with Gasteiger partial charge in [0.15, 0.2) is 5.78 Å². The molecule has 0 aliphatic heterocycles. The molecule has 0 aliphatic carbocycles. The van der Waals surface area contributed by atoms with Gasteiger partial charge < -0.3 is 4.90 Å². The lowest BCUT2D eigenvalue weighted by Gasteiger charge is -2.29. The topological polar surface area (TPSA) is 37.4 Å². The molecule has 0 saturated heterocycles. The Morgan fingerprint density at radius 3 is 2.46 bits per heavy atom. The lowest BCUT2D eigenvalue weighted by molar-refractivity contribution is -0.137. The smallest absolute Gasteiger partial charge is 0.336 e. The Balaban J connectivity index is 2.07. The van der Waals surface area contributed by atoms with E-state index < -0.39 is 17.8 Å². The third-order valence-corrected chi connectivity index (χ3v) is 5.10. The number of benzene rings is 1. The number of ketones is 1. The number of hydrogen-bond donors (Lipinski definition) is 0. The number of halogens is 3. The molecular weight excluding hydrogens is 363 g/mol. The first-order valence-electron chi connectivity index (χ1n) is 8.27. The Morgan fingerprint density at radius 1 is 1.15 bits per heavy atom. The van der Waals surface area contributed by atoms with Crippen LogP contribution in [0.25, 0.3) is 0 Å². The van der Waals surface area contributed by atoms with Crippen LogP contribution in [0.2, 0.25) is 0 Å². The van der Waals surface area contributed by atoms with Crippen LogP contribution in [0.1, 0.15) is 53.5 Å². The summed E-state index contributed by atoms with van der Waals surface area (Å²) in [6, 6.07) is 7.96. The van der Waals surface area contributed by atoms with Gasteiger partial charge in [-0.1, -0.05) is 18.2 Å². The molecule has 0 saturated carbocycles. The van der Waals surface area contributed by atoms with E-state index in [1.807, 2.05) is 0 Å². The first-order valence-corrected chi connectivity index (χ1v) is 9.15. The fourth-order valence-electron chi connectivity index (χ4n) is 2.75. The molecule has 1 heterocycles. The second-order valence-corrected chi connectivity index (χ2v) is 6.83. The molecule has 1 unspecified atom stereocenters. The van der Waals surface area contributed by atoms with Crippen molar-refractivity contribution >= 4 is 23.0 Å². The van der Waals surface area contributed by atoms with Crippen molar-refractivity contribution in [2.45, 2.75) is 38.9 Å². The van der Waals surface area contributed by atoms with E-state index in [4.69, 9.17) is 0 Å². The van der Waals surface area contributed by atoms with E-state index in [0.29, 0.717) is 17.0 Å². The molecule has 140 valence electrons. The summed E-state index contributed by atoms with van der Waals surface area (Å²) in [5.74, 6) is -0.349. The second kappa shape index (κ2) is 8.49. The van der Waals surface area contributed by atoms with E-state index in [-0.39, 0.29) is 24.5 Å². The maximum Gasteiger partial charge on any atom is 0.416 e. The molecule has 2 rings (SSSR count). The minimum absolute atomic E-state index is 0.0356. The van der Waals surface area contributed by atoms with Gasteiger partial charge in [0.05, 0.1) is 16.5 Å². The van der Waals surface area contributed by atoms with Gasteiger partial charge in [0.2, 0.25) is 5.91 Å². The number of nitrogens with zero attached hydrogens (tertiary/aromatic N) is 1. The van der Waals surface area contributed by atoms with Crippen molar-refractivity contribution in [2.24, 2.45) is 0 Å². The zero-order valence-electron chi connectivity index (χ0n) is 14.5. The van der Waals surface area contributed by atoms with Gasteiger partial charge in [-0.15, -0.1) is 11.3 Å². The Labute approximate surface area is 154 Å². The predicted octanol–water partition coefficient (Wildman–Crippen LogP) is 5.34. The summed E-state index contributed by atoms with van der Waals surface area (Å²) in [5.41, 5.74) is -0.321. The molecule has 7 heteroatoms. The lowest BCUT2D eigenvalue weighted by Crippen LogP contribution is -2.33. The van der Waals surface area contributed by atoms with Crippen molar-refractivity contribution in [1.29, 1.82) is 0 Å². The number of rotatable bonds is 7. The van der Waals surface area contributed by atoms with Crippen molar-refractivity contribution in [3.8, 4) is 0 Å². The SMILES string of the molecule is CCN(C(=O)CCC(=O)c1cccs1)C(C)c1cccc(C(F)(F)F)c1. The molecule has 1 aromatic carbocycles. The summed E-state index contributed by atoms with van der Waals surface area (Å²) >= 11 is 1.32.